The normalized spacial score (nSPS) is 12.2. The molecule has 104 valence electrons. The van der Waals surface area contributed by atoms with Crippen LogP contribution in [0, 0.1) is 9.49 Å². The molecule has 1 aromatic carbocycles. The van der Waals surface area contributed by atoms with E-state index < -0.39 is 11.9 Å². The van der Waals surface area contributed by atoms with Gasteiger partial charge in [-0.2, -0.15) is 0 Å². The summed E-state index contributed by atoms with van der Waals surface area (Å²) in [5, 5.41) is 2.70. The molecule has 2 amide bonds. The monoisotopic (exact) mass is 374 g/mol. The summed E-state index contributed by atoms with van der Waals surface area (Å²) in [5.41, 5.74) is 6.33. The number of hydrogen-bond donors (Lipinski definition) is 2. The number of nitrogens with two attached hydrogens (primary N) is 1. The fourth-order valence-electron chi connectivity index (χ4n) is 1.75. The Balaban J connectivity index is 2.68. The summed E-state index contributed by atoms with van der Waals surface area (Å²) in [4.78, 5) is 23.1. The van der Waals surface area contributed by atoms with Gasteiger partial charge in [0.2, 0.25) is 11.8 Å². The Morgan fingerprint density at radius 2 is 2.05 bits per heavy atom. The first-order valence-corrected chi connectivity index (χ1v) is 7.29. The molecule has 0 aliphatic rings. The molecule has 0 radical (unpaired) electrons. The second-order valence-electron chi connectivity index (χ2n) is 4.95. The van der Waals surface area contributed by atoms with Crippen molar-refractivity contribution in [2.45, 2.75) is 32.7 Å². The minimum Gasteiger partial charge on any atom is -0.368 e. The lowest BCUT2D eigenvalue weighted by atomic mass is 10.0. The molecule has 0 spiro atoms. The average molecular weight is 374 g/mol. The van der Waals surface area contributed by atoms with Crippen LogP contribution in [-0.2, 0) is 16.0 Å². The smallest absolute Gasteiger partial charge is 0.240 e. The Morgan fingerprint density at radius 1 is 1.37 bits per heavy atom. The molecule has 0 saturated heterocycles. The molecule has 1 atom stereocenters. The van der Waals surface area contributed by atoms with Crippen LogP contribution in [0.3, 0.4) is 0 Å². The first-order chi connectivity index (χ1) is 8.88. The highest BCUT2D eigenvalue weighted by Gasteiger charge is 2.19. The van der Waals surface area contributed by atoms with Crippen molar-refractivity contribution in [2.24, 2.45) is 11.7 Å². The van der Waals surface area contributed by atoms with Gasteiger partial charge >= 0.3 is 0 Å². The number of carbonyl (C=O) groups is 2. The van der Waals surface area contributed by atoms with Crippen molar-refractivity contribution in [2.75, 3.05) is 0 Å². The van der Waals surface area contributed by atoms with Crippen LogP contribution in [0.15, 0.2) is 24.3 Å². The lowest BCUT2D eigenvalue weighted by molar-refractivity contribution is -0.127. The van der Waals surface area contributed by atoms with Gasteiger partial charge in [-0.3, -0.25) is 9.59 Å². The van der Waals surface area contributed by atoms with Crippen LogP contribution >= 0.6 is 22.6 Å². The first kappa shape index (κ1) is 15.9. The van der Waals surface area contributed by atoms with Gasteiger partial charge in [0.1, 0.15) is 6.04 Å². The van der Waals surface area contributed by atoms with Gasteiger partial charge in [-0.05, 0) is 46.2 Å². The number of rotatable bonds is 6. The number of nitrogens with one attached hydrogen (secondary N) is 1. The Labute approximate surface area is 127 Å². The van der Waals surface area contributed by atoms with Crippen molar-refractivity contribution in [3.63, 3.8) is 0 Å². The molecule has 0 heterocycles. The largest absolute Gasteiger partial charge is 0.368 e. The maximum atomic E-state index is 11.7. The Kier molecular flexibility index (Phi) is 6.27. The van der Waals surface area contributed by atoms with E-state index in [9.17, 15) is 9.59 Å². The summed E-state index contributed by atoms with van der Waals surface area (Å²) in [5.74, 6) is -0.383. The minimum absolute atomic E-state index is 0.135. The quantitative estimate of drug-likeness (QED) is 0.746. The van der Waals surface area contributed by atoms with Crippen LogP contribution in [0.4, 0.5) is 0 Å². The topological polar surface area (TPSA) is 72.2 Å². The van der Waals surface area contributed by atoms with Crippen LogP contribution in [0.1, 0.15) is 25.8 Å². The zero-order valence-corrected chi connectivity index (χ0v) is 13.3. The zero-order chi connectivity index (χ0) is 14.4. The van der Waals surface area contributed by atoms with Gasteiger partial charge < -0.3 is 11.1 Å². The second-order valence-corrected chi connectivity index (χ2v) is 6.20. The van der Waals surface area contributed by atoms with E-state index in [2.05, 4.69) is 27.9 Å². The van der Waals surface area contributed by atoms with Crippen LogP contribution < -0.4 is 11.1 Å². The Morgan fingerprint density at radius 3 is 2.58 bits per heavy atom. The highest BCUT2D eigenvalue weighted by Crippen LogP contribution is 2.10. The van der Waals surface area contributed by atoms with Crippen LogP contribution in [0.2, 0.25) is 0 Å². The van der Waals surface area contributed by atoms with Gasteiger partial charge in [0.25, 0.3) is 0 Å². The SMILES string of the molecule is CC(C)CC(=O)N[C@H](Cc1cccc(I)c1)C(N)=O. The molecule has 0 aliphatic heterocycles. The molecule has 0 unspecified atom stereocenters. The van der Waals surface area contributed by atoms with Crippen molar-refractivity contribution < 1.29 is 9.59 Å². The molecular weight excluding hydrogens is 355 g/mol. The molecule has 0 bridgehead atoms. The third-order valence-electron chi connectivity index (χ3n) is 2.60. The number of halogens is 1. The molecular formula is C14H19IN2O2. The van der Waals surface area contributed by atoms with Crippen molar-refractivity contribution >= 4 is 34.4 Å². The number of amides is 2. The summed E-state index contributed by atoms with van der Waals surface area (Å²) >= 11 is 2.21. The molecule has 0 saturated carbocycles. The summed E-state index contributed by atoms with van der Waals surface area (Å²) in [6, 6.07) is 7.15. The van der Waals surface area contributed by atoms with Crippen LogP contribution in [0.5, 0.6) is 0 Å². The van der Waals surface area contributed by atoms with Gasteiger partial charge in [0.15, 0.2) is 0 Å². The van der Waals surface area contributed by atoms with Gasteiger partial charge in [0, 0.05) is 16.4 Å². The van der Waals surface area contributed by atoms with Crippen molar-refractivity contribution in [3.8, 4) is 0 Å². The molecule has 1 rings (SSSR count). The average Bonchev–Trinajstić information content (AvgIpc) is 2.26. The molecule has 4 nitrogen and oxygen atoms in total. The third kappa shape index (κ3) is 6.04. The van der Waals surface area contributed by atoms with Crippen LogP contribution in [0.25, 0.3) is 0 Å². The number of benzene rings is 1. The molecule has 0 aliphatic carbocycles. The lowest BCUT2D eigenvalue weighted by Crippen LogP contribution is -2.46. The maximum Gasteiger partial charge on any atom is 0.240 e. The zero-order valence-electron chi connectivity index (χ0n) is 11.2. The highest BCUT2D eigenvalue weighted by molar-refractivity contribution is 14.1. The van der Waals surface area contributed by atoms with E-state index in [0.717, 1.165) is 9.13 Å². The Hall–Kier alpha value is -1.11. The molecule has 19 heavy (non-hydrogen) atoms. The highest BCUT2D eigenvalue weighted by atomic mass is 127. The molecule has 3 N–H and O–H groups in total. The summed E-state index contributed by atoms with van der Waals surface area (Å²) in [6.07, 6.45) is 0.826. The van der Waals surface area contributed by atoms with E-state index >= 15 is 0 Å². The molecule has 0 fully saturated rings. The first-order valence-electron chi connectivity index (χ1n) is 6.21. The third-order valence-corrected chi connectivity index (χ3v) is 3.27. The second kappa shape index (κ2) is 7.47. The summed E-state index contributed by atoms with van der Waals surface area (Å²) < 4.78 is 1.09. The molecule has 5 heteroatoms. The van der Waals surface area contributed by atoms with E-state index in [1.807, 2.05) is 38.1 Å². The molecule has 0 aromatic heterocycles. The van der Waals surface area contributed by atoms with E-state index in [0.29, 0.717) is 12.8 Å². The summed E-state index contributed by atoms with van der Waals surface area (Å²) in [6.45, 7) is 3.91. The van der Waals surface area contributed by atoms with E-state index in [1.165, 1.54) is 0 Å². The number of hydrogen-bond acceptors (Lipinski definition) is 2. The maximum absolute atomic E-state index is 11.7. The number of primary amides is 1. The van der Waals surface area contributed by atoms with Gasteiger partial charge in [-0.1, -0.05) is 26.0 Å². The summed E-state index contributed by atoms with van der Waals surface area (Å²) in [7, 11) is 0. The van der Waals surface area contributed by atoms with Crippen molar-refractivity contribution in [1.82, 2.24) is 5.32 Å². The van der Waals surface area contributed by atoms with Gasteiger partial charge in [-0.15, -0.1) is 0 Å². The molecule has 1 aromatic rings. The van der Waals surface area contributed by atoms with Crippen molar-refractivity contribution in [3.05, 3.63) is 33.4 Å². The number of carbonyl (C=O) groups excluding carboxylic acids is 2. The lowest BCUT2D eigenvalue weighted by Gasteiger charge is -2.16. The van der Waals surface area contributed by atoms with E-state index in [4.69, 9.17) is 5.73 Å². The predicted octanol–water partition coefficient (Wildman–Crippen LogP) is 1.85. The van der Waals surface area contributed by atoms with Crippen LogP contribution in [-0.4, -0.2) is 17.9 Å². The standard InChI is InChI=1S/C14H19IN2O2/c1-9(2)6-13(18)17-12(14(16)19)8-10-4-3-5-11(15)7-10/h3-5,7,9,12H,6,8H2,1-2H3,(H2,16,19)(H,17,18)/t12-/m1/s1. The fourth-order valence-corrected chi connectivity index (χ4v) is 2.35. The van der Waals surface area contributed by atoms with E-state index in [1.54, 1.807) is 0 Å². The van der Waals surface area contributed by atoms with Gasteiger partial charge in [0.05, 0.1) is 0 Å². The van der Waals surface area contributed by atoms with Crippen molar-refractivity contribution in [1.29, 1.82) is 0 Å². The minimum atomic E-state index is -0.649. The van der Waals surface area contributed by atoms with E-state index in [-0.39, 0.29) is 11.8 Å². The van der Waals surface area contributed by atoms with Gasteiger partial charge in [-0.25, -0.2) is 0 Å². The Bertz CT molecular complexity index is 461. The predicted molar refractivity (Wildman–Crippen MR) is 83.4 cm³/mol. The fraction of sp³-hybridized carbons (Fsp3) is 0.429.